The van der Waals surface area contributed by atoms with E-state index in [0.717, 1.165) is 0 Å². The average molecular weight is 226 g/mol. The van der Waals surface area contributed by atoms with E-state index >= 15 is 0 Å². The first-order valence-corrected chi connectivity index (χ1v) is 4.89. The molecule has 1 rings (SSSR count). The van der Waals surface area contributed by atoms with Crippen molar-refractivity contribution < 1.29 is 19.8 Å². The van der Waals surface area contributed by atoms with Crippen LogP contribution < -0.4 is 5.32 Å². The zero-order chi connectivity index (χ0) is 12.1. The summed E-state index contributed by atoms with van der Waals surface area (Å²) in [6.07, 6.45) is 1.73. The van der Waals surface area contributed by atoms with Crippen LogP contribution in [0.1, 0.15) is 17.4 Å². The van der Waals surface area contributed by atoms with Gasteiger partial charge in [-0.1, -0.05) is 0 Å². The van der Waals surface area contributed by atoms with Gasteiger partial charge in [-0.05, 0) is 19.1 Å². The number of aliphatic hydroxyl groups excluding tert-OH is 1. The van der Waals surface area contributed by atoms with Gasteiger partial charge in [-0.15, -0.1) is 0 Å². The van der Waals surface area contributed by atoms with Gasteiger partial charge in [0.25, 0.3) is 5.91 Å². The van der Waals surface area contributed by atoms with Crippen LogP contribution in [0.4, 0.5) is 0 Å². The fourth-order valence-electron chi connectivity index (χ4n) is 1.31. The summed E-state index contributed by atoms with van der Waals surface area (Å²) in [5.41, 5.74) is 0.377. The molecular formula is C10H14N2O4. The third-order valence-corrected chi connectivity index (χ3v) is 2.19. The Balaban J connectivity index is 2.75. The molecular weight excluding hydrogens is 212 g/mol. The summed E-state index contributed by atoms with van der Waals surface area (Å²) in [5.74, 6) is -1.77. The SMILES string of the molecule is CCn1cccc1C(=O)N[C@@H](CO)C(=O)O. The van der Waals surface area contributed by atoms with Crippen LogP contribution >= 0.6 is 0 Å². The second-order valence-electron chi connectivity index (χ2n) is 3.23. The number of rotatable bonds is 5. The van der Waals surface area contributed by atoms with E-state index in [4.69, 9.17) is 10.2 Å². The summed E-state index contributed by atoms with van der Waals surface area (Å²) in [6, 6.07) is 2.02. The first kappa shape index (κ1) is 12.3. The van der Waals surface area contributed by atoms with Crippen molar-refractivity contribution in [2.24, 2.45) is 0 Å². The van der Waals surface area contributed by atoms with Crippen molar-refractivity contribution in [1.82, 2.24) is 9.88 Å². The minimum absolute atomic E-state index is 0.377. The standard InChI is InChI=1S/C10H14N2O4/c1-2-12-5-3-4-8(12)9(14)11-7(6-13)10(15)16/h3-5,7,13H,2,6H2,1H3,(H,11,14)(H,15,16)/t7-/m0/s1. The topological polar surface area (TPSA) is 91.6 Å². The molecule has 1 aromatic rings. The van der Waals surface area contributed by atoms with Crippen LogP contribution in [0.5, 0.6) is 0 Å². The maximum Gasteiger partial charge on any atom is 0.328 e. The first-order chi connectivity index (χ1) is 7.60. The maximum absolute atomic E-state index is 11.7. The fourth-order valence-corrected chi connectivity index (χ4v) is 1.31. The monoisotopic (exact) mass is 226 g/mol. The number of carbonyl (C=O) groups excluding carboxylic acids is 1. The van der Waals surface area contributed by atoms with Crippen LogP contribution in [0.2, 0.25) is 0 Å². The number of carboxylic acid groups (broad SMARTS) is 1. The predicted molar refractivity (Wildman–Crippen MR) is 56.1 cm³/mol. The highest BCUT2D eigenvalue weighted by atomic mass is 16.4. The van der Waals surface area contributed by atoms with Crippen LogP contribution in [0.15, 0.2) is 18.3 Å². The summed E-state index contributed by atoms with van der Waals surface area (Å²) in [5, 5.41) is 19.7. The van der Waals surface area contributed by atoms with Gasteiger partial charge in [0, 0.05) is 12.7 Å². The number of aromatic nitrogens is 1. The Hall–Kier alpha value is -1.82. The van der Waals surface area contributed by atoms with Crippen molar-refractivity contribution in [1.29, 1.82) is 0 Å². The van der Waals surface area contributed by atoms with E-state index in [9.17, 15) is 9.59 Å². The Kier molecular flexibility index (Phi) is 4.07. The van der Waals surface area contributed by atoms with Crippen molar-refractivity contribution in [2.45, 2.75) is 19.5 Å². The highest BCUT2D eigenvalue weighted by Crippen LogP contribution is 2.02. The lowest BCUT2D eigenvalue weighted by Gasteiger charge is -2.12. The third kappa shape index (κ3) is 2.60. The summed E-state index contributed by atoms with van der Waals surface area (Å²) in [6.45, 7) is 1.86. The van der Waals surface area contributed by atoms with E-state index in [2.05, 4.69) is 5.32 Å². The minimum atomic E-state index is -1.27. The largest absolute Gasteiger partial charge is 0.480 e. The Morgan fingerprint density at radius 3 is 2.75 bits per heavy atom. The lowest BCUT2D eigenvalue weighted by Crippen LogP contribution is -2.43. The van der Waals surface area contributed by atoms with Crippen LogP contribution in [0, 0.1) is 0 Å². The molecule has 0 fully saturated rings. The van der Waals surface area contributed by atoms with Gasteiger partial charge in [0.15, 0.2) is 6.04 Å². The normalized spacial score (nSPS) is 12.1. The van der Waals surface area contributed by atoms with E-state index in [1.807, 2.05) is 6.92 Å². The Morgan fingerprint density at radius 2 is 2.25 bits per heavy atom. The number of aliphatic hydroxyl groups is 1. The first-order valence-electron chi connectivity index (χ1n) is 4.89. The molecule has 0 saturated heterocycles. The van der Waals surface area contributed by atoms with Gasteiger partial charge < -0.3 is 20.1 Å². The maximum atomic E-state index is 11.7. The van der Waals surface area contributed by atoms with Gasteiger partial charge >= 0.3 is 5.97 Å². The Morgan fingerprint density at radius 1 is 1.56 bits per heavy atom. The Bertz CT molecular complexity index is 386. The van der Waals surface area contributed by atoms with Gasteiger partial charge in [-0.2, -0.15) is 0 Å². The molecule has 1 amide bonds. The van der Waals surface area contributed by atoms with Crippen molar-refractivity contribution in [3.8, 4) is 0 Å². The number of nitrogens with zero attached hydrogens (tertiary/aromatic N) is 1. The van der Waals surface area contributed by atoms with E-state index in [1.165, 1.54) is 0 Å². The molecule has 16 heavy (non-hydrogen) atoms. The summed E-state index contributed by atoms with van der Waals surface area (Å²) in [4.78, 5) is 22.3. The number of hydrogen-bond donors (Lipinski definition) is 3. The van der Waals surface area contributed by atoms with Crippen LogP contribution in [0.25, 0.3) is 0 Å². The molecule has 0 radical (unpaired) electrons. The number of aryl methyl sites for hydroxylation is 1. The van der Waals surface area contributed by atoms with E-state index in [-0.39, 0.29) is 0 Å². The molecule has 88 valence electrons. The molecule has 6 heteroatoms. The molecule has 1 heterocycles. The molecule has 0 spiro atoms. The Labute approximate surface area is 92.5 Å². The number of amides is 1. The number of carbonyl (C=O) groups is 2. The molecule has 0 aliphatic heterocycles. The van der Waals surface area contributed by atoms with Gasteiger partial charge in [0.1, 0.15) is 5.69 Å². The highest BCUT2D eigenvalue weighted by Gasteiger charge is 2.20. The van der Waals surface area contributed by atoms with Gasteiger partial charge in [0.2, 0.25) is 0 Å². The molecule has 6 nitrogen and oxygen atoms in total. The number of aliphatic carboxylic acids is 1. The summed E-state index contributed by atoms with van der Waals surface area (Å²) >= 11 is 0. The predicted octanol–water partition coefficient (Wildman–Crippen LogP) is -0.317. The molecule has 0 saturated carbocycles. The minimum Gasteiger partial charge on any atom is -0.480 e. The molecule has 0 aromatic carbocycles. The zero-order valence-electron chi connectivity index (χ0n) is 8.88. The summed E-state index contributed by atoms with van der Waals surface area (Å²) < 4.78 is 1.69. The van der Waals surface area contributed by atoms with Gasteiger partial charge in [-0.25, -0.2) is 4.79 Å². The third-order valence-electron chi connectivity index (χ3n) is 2.19. The molecule has 0 aliphatic rings. The van der Waals surface area contributed by atoms with Crippen molar-refractivity contribution >= 4 is 11.9 Å². The average Bonchev–Trinajstić information content (AvgIpc) is 2.72. The smallest absolute Gasteiger partial charge is 0.328 e. The van der Waals surface area contributed by atoms with Gasteiger partial charge in [0.05, 0.1) is 6.61 Å². The second kappa shape index (κ2) is 5.32. The van der Waals surface area contributed by atoms with Crippen LogP contribution in [0.3, 0.4) is 0 Å². The van der Waals surface area contributed by atoms with E-state index in [1.54, 1.807) is 22.9 Å². The van der Waals surface area contributed by atoms with Gasteiger partial charge in [-0.3, -0.25) is 4.79 Å². The van der Waals surface area contributed by atoms with Crippen molar-refractivity contribution in [2.75, 3.05) is 6.61 Å². The number of carboxylic acids is 1. The van der Waals surface area contributed by atoms with Crippen molar-refractivity contribution in [3.05, 3.63) is 24.0 Å². The quantitative estimate of drug-likeness (QED) is 0.641. The molecule has 0 bridgehead atoms. The number of nitrogens with one attached hydrogen (secondary N) is 1. The summed E-state index contributed by atoms with van der Waals surface area (Å²) in [7, 11) is 0. The van der Waals surface area contributed by atoms with Crippen molar-refractivity contribution in [3.63, 3.8) is 0 Å². The van der Waals surface area contributed by atoms with E-state index < -0.39 is 24.5 Å². The highest BCUT2D eigenvalue weighted by molar-refractivity contribution is 5.95. The fraction of sp³-hybridized carbons (Fsp3) is 0.400. The zero-order valence-corrected chi connectivity index (χ0v) is 8.88. The molecule has 1 atom stereocenters. The molecule has 1 aromatic heterocycles. The molecule has 3 N–H and O–H groups in total. The lowest BCUT2D eigenvalue weighted by atomic mass is 10.3. The van der Waals surface area contributed by atoms with E-state index in [0.29, 0.717) is 12.2 Å². The second-order valence-corrected chi connectivity index (χ2v) is 3.23. The molecule has 0 unspecified atom stereocenters. The molecule has 0 aliphatic carbocycles. The van der Waals surface area contributed by atoms with Crippen LogP contribution in [-0.2, 0) is 11.3 Å². The van der Waals surface area contributed by atoms with Crippen LogP contribution in [-0.4, -0.2) is 39.3 Å². The number of hydrogen-bond acceptors (Lipinski definition) is 3. The lowest BCUT2D eigenvalue weighted by molar-refractivity contribution is -0.140.